The highest BCUT2D eigenvalue weighted by atomic mass is 32.2. The minimum absolute atomic E-state index is 0.369. The number of aliphatic carboxylic acids is 2. The van der Waals surface area contributed by atoms with Crippen LogP contribution in [0.3, 0.4) is 0 Å². The molecular formula is C11H21NO4S. The minimum atomic E-state index is -0.842. The van der Waals surface area contributed by atoms with Crippen LogP contribution >= 0.6 is 11.8 Å². The van der Waals surface area contributed by atoms with Gasteiger partial charge in [-0.25, -0.2) is 0 Å². The highest BCUT2D eigenvalue weighted by molar-refractivity contribution is 7.98. The van der Waals surface area contributed by atoms with Crippen molar-refractivity contribution in [2.45, 2.75) is 32.2 Å². The molecule has 6 heteroatoms. The van der Waals surface area contributed by atoms with Crippen LogP contribution in [0.2, 0.25) is 0 Å². The standard InChI is InChI=1S/C11H21NO4S/c1-8(10(13)14)4-3-6-12-9(11(15)16)5-7-17-2/h8-9,12H,3-7H2,1-2H3,(H,13,14)(H,15,16). The van der Waals surface area contributed by atoms with Crippen molar-refractivity contribution in [1.29, 1.82) is 0 Å². The maximum Gasteiger partial charge on any atom is 0.320 e. The first kappa shape index (κ1) is 16.2. The Kier molecular flexibility index (Phi) is 8.89. The molecule has 0 aromatic heterocycles. The Hall–Kier alpha value is -0.750. The van der Waals surface area contributed by atoms with Gasteiger partial charge in [-0.15, -0.1) is 0 Å². The highest BCUT2D eigenvalue weighted by Crippen LogP contribution is 2.05. The smallest absolute Gasteiger partial charge is 0.320 e. The summed E-state index contributed by atoms with van der Waals surface area (Å²) in [5, 5.41) is 20.6. The molecule has 17 heavy (non-hydrogen) atoms. The van der Waals surface area contributed by atoms with Crippen LogP contribution in [0, 0.1) is 5.92 Å². The lowest BCUT2D eigenvalue weighted by molar-refractivity contribution is -0.142. The van der Waals surface area contributed by atoms with Crippen molar-refractivity contribution in [1.82, 2.24) is 5.32 Å². The third-order valence-corrected chi connectivity index (χ3v) is 3.18. The Balaban J connectivity index is 3.75. The molecule has 0 saturated carbocycles. The molecule has 0 spiro atoms. The number of thioether (sulfide) groups is 1. The lowest BCUT2D eigenvalue weighted by atomic mass is 10.1. The molecule has 3 N–H and O–H groups in total. The summed E-state index contributed by atoms with van der Waals surface area (Å²) in [7, 11) is 0. The fourth-order valence-corrected chi connectivity index (χ4v) is 1.83. The summed E-state index contributed by atoms with van der Waals surface area (Å²) in [4.78, 5) is 21.4. The van der Waals surface area contributed by atoms with Gasteiger partial charge in [-0.2, -0.15) is 11.8 Å². The summed E-state index contributed by atoms with van der Waals surface area (Å²) in [5.41, 5.74) is 0. The zero-order valence-electron chi connectivity index (χ0n) is 10.3. The van der Waals surface area contributed by atoms with Crippen molar-refractivity contribution < 1.29 is 19.8 Å². The van der Waals surface area contributed by atoms with Crippen molar-refractivity contribution in [3.05, 3.63) is 0 Å². The molecule has 100 valence electrons. The first-order chi connectivity index (χ1) is 7.99. The van der Waals surface area contributed by atoms with Gasteiger partial charge in [0.15, 0.2) is 0 Å². The number of hydrogen-bond donors (Lipinski definition) is 3. The molecule has 0 rings (SSSR count). The Morgan fingerprint density at radius 1 is 1.24 bits per heavy atom. The predicted molar refractivity (Wildman–Crippen MR) is 68.5 cm³/mol. The lowest BCUT2D eigenvalue weighted by Crippen LogP contribution is -2.37. The second kappa shape index (κ2) is 9.30. The number of nitrogens with one attached hydrogen (secondary N) is 1. The van der Waals surface area contributed by atoms with Crippen LogP contribution in [0.5, 0.6) is 0 Å². The lowest BCUT2D eigenvalue weighted by Gasteiger charge is -2.14. The summed E-state index contributed by atoms with van der Waals surface area (Å²) in [6.45, 7) is 2.20. The van der Waals surface area contributed by atoms with Crippen LogP contribution in [0.1, 0.15) is 26.2 Å². The minimum Gasteiger partial charge on any atom is -0.481 e. The molecule has 0 aliphatic rings. The van der Waals surface area contributed by atoms with Gasteiger partial charge in [-0.1, -0.05) is 6.92 Å². The molecule has 0 heterocycles. The Morgan fingerprint density at radius 3 is 2.35 bits per heavy atom. The van der Waals surface area contributed by atoms with Gasteiger partial charge in [0, 0.05) is 0 Å². The van der Waals surface area contributed by atoms with E-state index in [1.807, 2.05) is 6.26 Å². The van der Waals surface area contributed by atoms with Crippen LogP contribution in [-0.2, 0) is 9.59 Å². The summed E-state index contributed by atoms with van der Waals surface area (Å²) in [5.74, 6) is -1.21. The first-order valence-electron chi connectivity index (χ1n) is 5.67. The molecule has 0 aliphatic carbocycles. The summed E-state index contributed by atoms with van der Waals surface area (Å²) in [6, 6.07) is -0.525. The average Bonchev–Trinajstić information content (AvgIpc) is 2.27. The van der Waals surface area contributed by atoms with Gasteiger partial charge in [0.25, 0.3) is 0 Å². The summed E-state index contributed by atoms with van der Waals surface area (Å²) < 4.78 is 0. The van der Waals surface area contributed by atoms with Crippen LogP contribution in [0.25, 0.3) is 0 Å². The van der Waals surface area contributed by atoms with Crippen molar-refractivity contribution >= 4 is 23.7 Å². The molecule has 0 amide bonds. The quantitative estimate of drug-likeness (QED) is 0.515. The van der Waals surface area contributed by atoms with Crippen LogP contribution < -0.4 is 5.32 Å². The molecule has 0 aromatic rings. The van der Waals surface area contributed by atoms with E-state index in [0.717, 1.165) is 5.75 Å². The maximum absolute atomic E-state index is 10.9. The van der Waals surface area contributed by atoms with E-state index >= 15 is 0 Å². The third-order valence-electron chi connectivity index (χ3n) is 2.53. The Bertz CT molecular complexity index is 248. The van der Waals surface area contributed by atoms with E-state index in [4.69, 9.17) is 10.2 Å². The molecule has 2 atom stereocenters. The van der Waals surface area contributed by atoms with Gasteiger partial charge in [-0.3, -0.25) is 9.59 Å². The van der Waals surface area contributed by atoms with E-state index in [2.05, 4.69) is 5.32 Å². The molecule has 0 aromatic carbocycles. The predicted octanol–water partition coefficient (Wildman–Crippen LogP) is 1.28. The summed E-state index contributed by atoms with van der Waals surface area (Å²) >= 11 is 1.61. The van der Waals surface area contributed by atoms with E-state index in [1.54, 1.807) is 18.7 Å². The van der Waals surface area contributed by atoms with Gasteiger partial charge >= 0.3 is 11.9 Å². The number of hydrogen-bond acceptors (Lipinski definition) is 4. The van der Waals surface area contributed by atoms with Crippen LogP contribution in [0.4, 0.5) is 0 Å². The van der Waals surface area contributed by atoms with E-state index in [1.165, 1.54) is 0 Å². The van der Waals surface area contributed by atoms with Gasteiger partial charge in [0.05, 0.1) is 5.92 Å². The zero-order chi connectivity index (χ0) is 13.3. The van der Waals surface area contributed by atoms with Gasteiger partial charge < -0.3 is 15.5 Å². The van der Waals surface area contributed by atoms with Crippen LogP contribution in [-0.4, -0.2) is 46.7 Å². The fraction of sp³-hybridized carbons (Fsp3) is 0.818. The van der Waals surface area contributed by atoms with E-state index < -0.39 is 18.0 Å². The zero-order valence-corrected chi connectivity index (χ0v) is 11.1. The first-order valence-corrected chi connectivity index (χ1v) is 7.06. The van der Waals surface area contributed by atoms with E-state index in [9.17, 15) is 9.59 Å². The monoisotopic (exact) mass is 263 g/mol. The summed E-state index contributed by atoms with van der Waals surface area (Å²) in [6.07, 6.45) is 3.77. The van der Waals surface area contributed by atoms with Crippen molar-refractivity contribution in [3.8, 4) is 0 Å². The Labute approximate surface area is 106 Å². The molecule has 5 nitrogen and oxygen atoms in total. The van der Waals surface area contributed by atoms with Gasteiger partial charge in [0.2, 0.25) is 0 Å². The molecule has 0 fully saturated rings. The SMILES string of the molecule is CSCCC(NCCCC(C)C(=O)O)C(=O)O. The van der Waals surface area contributed by atoms with Crippen molar-refractivity contribution in [2.24, 2.45) is 5.92 Å². The van der Waals surface area contributed by atoms with Crippen molar-refractivity contribution in [3.63, 3.8) is 0 Å². The number of carboxylic acid groups (broad SMARTS) is 2. The number of rotatable bonds is 10. The average molecular weight is 263 g/mol. The van der Waals surface area contributed by atoms with Gasteiger partial charge in [-0.05, 0) is 37.8 Å². The highest BCUT2D eigenvalue weighted by Gasteiger charge is 2.16. The van der Waals surface area contributed by atoms with Gasteiger partial charge in [0.1, 0.15) is 6.04 Å². The molecule has 0 aliphatic heterocycles. The van der Waals surface area contributed by atoms with E-state index in [0.29, 0.717) is 25.8 Å². The largest absolute Gasteiger partial charge is 0.481 e. The fourth-order valence-electron chi connectivity index (χ4n) is 1.36. The second-order valence-electron chi connectivity index (χ2n) is 4.01. The van der Waals surface area contributed by atoms with E-state index in [-0.39, 0.29) is 5.92 Å². The molecule has 0 radical (unpaired) electrons. The molecular weight excluding hydrogens is 242 g/mol. The molecule has 0 saturated heterocycles. The normalized spacial score (nSPS) is 14.2. The molecule has 2 unspecified atom stereocenters. The molecule has 0 bridgehead atoms. The third kappa shape index (κ3) is 8.04. The second-order valence-corrected chi connectivity index (χ2v) is 4.99. The number of carbonyl (C=O) groups is 2. The number of carboxylic acids is 2. The maximum atomic E-state index is 10.9. The van der Waals surface area contributed by atoms with Crippen molar-refractivity contribution in [2.75, 3.05) is 18.6 Å². The topological polar surface area (TPSA) is 86.6 Å². The van der Waals surface area contributed by atoms with Crippen LogP contribution in [0.15, 0.2) is 0 Å². The Morgan fingerprint density at radius 2 is 1.88 bits per heavy atom.